The number of fused-ring (bicyclic) bond motifs is 1. The smallest absolute Gasteiger partial charge is 0.203 e. The van der Waals surface area contributed by atoms with Crippen LogP contribution in [0.2, 0.25) is 0 Å². The van der Waals surface area contributed by atoms with Gasteiger partial charge >= 0.3 is 0 Å². The average Bonchev–Trinajstić information content (AvgIpc) is 2.46. The predicted octanol–water partition coefficient (Wildman–Crippen LogP) is 2.99. The molecule has 0 amide bonds. The Labute approximate surface area is 121 Å². The van der Waals surface area contributed by atoms with Crippen LogP contribution in [0.4, 0.5) is 0 Å². The van der Waals surface area contributed by atoms with Crippen molar-refractivity contribution in [3.05, 3.63) is 17.7 Å². The van der Waals surface area contributed by atoms with Crippen LogP contribution >= 0.6 is 0 Å². The van der Waals surface area contributed by atoms with Gasteiger partial charge in [0.25, 0.3) is 0 Å². The molecule has 2 rings (SSSR count). The number of rotatable bonds is 6. The second kappa shape index (κ2) is 6.35. The molecule has 0 bridgehead atoms. The summed E-state index contributed by atoms with van der Waals surface area (Å²) in [7, 11) is 1.66. The van der Waals surface area contributed by atoms with E-state index in [2.05, 4.69) is 26.1 Å². The first-order chi connectivity index (χ1) is 9.55. The summed E-state index contributed by atoms with van der Waals surface area (Å²) in [6.45, 7) is 9.71. The number of hydrogen-bond donors (Lipinski definition) is 1. The summed E-state index contributed by atoms with van der Waals surface area (Å²) in [5, 5.41) is 3.50. The van der Waals surface area contributed by atoms with Crippen molar-refractivity contribution in [2.24, 2.45) is 5.41 Å². The maximum Gasteiger partial charge on any atom is 0.203 e. The molecule has 1 heterocycles. The van der Waals surface area contributed by atoms with Crippen LogP contribution in [0, 0.1) is 5.41 Å². The van der Waals surface area contributed by atoms with Gasteiger partial charge in [-0.05, 0) is 29.5 Å². The largest absolute Gasteiger partial charge is 0.493 e. The highest BCUT2D eigenvalue weighted by Crippen LogP contribution is 2.40. The molecular formula is C16H25NO3. The first-order valence-corrected chi connectivity index (χ1v) is 7.23. The molecule has 0 radical (unpaired) electrons. The summed E-state index contributed by atoms with van der Waals surface area (Å²) in [5.41, 5.74) is 1.47. The molecular weight excluding hydrogens is 254 g/mol. The molecule has 0 atom stereocenters. The Morgan fingerprint density at radius 2 is 2.00 bits per heavy atom. The van der Waals surface area contributed by atoms with Crippen LogP contribution in [0.1, 0.15) is 32.8 Å². The van der Waals surface area contributed by atoms with Gasteiger partial charge in [-0.25, -0.2) is 0 Å². The lowest BCUT2D eigenvalue weighted by atomic mass is 9.90. The topological polar surface area (TPSA) is 39.7 Å². The fourth-order valence-corrected chi connectivity index (χ4v) is 2.10. The van der Waals surface area contributed by atoms with Gasteiger partial charge in [-0.2, -0.15) is 0 Å². The summed E-state index contributed by atoms with van der Waals surface area (Å²) in [4.78, 5) is 0. The first kappa shape index (κ1) is 15.0. The average molecular weight is 279 g/mol. The van der Waals surface area contributed by atoms with E-state index in [1.165, 1.54) is 0 Å². The molecule has 0 spiro atoms. The van der Waals surface area contributed by atoms with Crippen molar-refractivity contribution in [1.29, 1.82) is 0 Å². The second-order valence-corrected chi connectivity index (χ2v) is 5.94. The molecule has 0 saturated carbocycles. The fraction of sp³-hybridized carbons (Fsp3) is 0.625. The summed E-state index contributed by atoms with van der Waals surface area (Å²) < 4.78 is 16.6. The quantitative estimate of drug-likeness (QED) is 0.869. The number of methoxy groups -OCH3 is 1. The molecule has 1 aliphatic heterocycles. The lowest BCUT2D eigenvalue weighted by molar-refractivity contribution is 0.165. The maximum atomic E-state index is 5.64. The third kappa shape index (κ3) is 3.57. The number of benzene rings is 1. The van der Waals surface area contributed by atoms with Crippen LogP contribution in [0.15, 0.2) is 12.1 Å². The molecule has 20 heavy (non-hydrogen) atoms. The van der Waals surface area contributed by atoms with Crippen LogP contribution < -0.4 is 19.5 Å². The minimum Gasteiger partial charge on any atom is -0.493 e. The van der Waals surface area contributed by atoms with Crippen LogP contribution in [0.25, 0.3) is 0 Å². The van der Waals surface area contributed by atoms with Gasteiger partial charge in [0, 0.05) is 13.1 Å². The minimum atomic E-state index is 0.317. The zero-order valence-electron chi connectivity index (χ0n) is 12.9. The first-order valence-electron chi connectivity index (χ1n) is 7.23. The zero-order valence-corrected chi connectivity index (χ0v) is 12.9. The summed E-state index contributed by atoms with van der Waals surface area (Å²) >= 11 is 0. The molecule has 0 unspecified atom stereocenters. The molecule has 0 aliphatic carbocycles. The van der Waals surface area contributed by atoms with Gasteiger partial charge in [0.15, 0.2) is 11.5 Å². The van der Waals surface area contributed by atoms with E-state index in [-0.39, 0.29) is 0 Å². The van der Waals surface area contributed by atoms with Gasteiger partial charge in [0.1, 0.15) is 13.2 Å². The van der Waals surface area contributed by atoms with Gasteiger partial charge in [-0.1, -0.05) is 20.8 Å². The molecule has 0 fully saturated rings. The van der Waals surface area contributed by atoms with Gasteiger partial charge in [0.2, 0.25) is 5.75 Å². The summed E-state index contributed by atoms with van der Waals surface area (Å²) in [6.07, 6.45) is 1.16. The molecule has 4 heteroatoms. The Morgan fingerprint density at radius 3 is 2.70 bits per heavy atom. The van der Waals surface area contributed by atoms with Crippen molar-refractivity contribution < 1.29 is 14.2 Å². The van der Waals surface area contributed by atoms with Gasteiger partial charge in [-0.3, -0.25) is 0 Å². The molecule has 1 aromatic carbocycles. The zero-order chi connectivity index (χ0) is 14.6. The van der Waals surface area contributed by atoms with E-state index in [0.29, 0.717) is 18.6 Å². The van der Waals surface area contributed by atoms with Crippen molar-refractivity contribution in [2.45, 2.75) is 33.7 Å². The predicted molar refractivity (Wildman–Crippen MR) is 79.8 cm³/mol. The summed E-state index contributed by atoms with van der Waals surface area (Å²) in [6, 6.07) is 4.04. The Kier molecular flexibility index (Phi) is 4.76. The van der Waals surface area contributed by atoms with Crippen LogP contribution in [-0.2, 0) is 6.54 Å². The third-order valence-electron chi connectivity index (χ3n) is 3.78. The van der Waals surface area contributed by atoms with Crippen LogP contribution in [-0.4, -0.2) is 26.9 Å². The van der Waals surface area contributed by atoms with E-state index in [0.717, 1.165) is 42.3 Å². The lowest BCUT2D eigenvalue weighted by Crippen LogP contribution is -2.28. The minimum absolute atomic E-state index is 0.317. The maximum absolute atomic E-state index is 5.64. The monoisotopic (exact) mass is 279 g/mol. The standard InChI is InChI=1S/C16H25NO3/c1-5-16(2,3)11-17-10-12-8-13(18-4)15-14(9-12)19-6-7-20-15/h8-9,17H,5-7,10-11H2,1-4H3. The molecule has 0 saturated heterocycles. The molecule has 1 aliphatic rings. The molecule has 1 aromatic rings. The highest BCUT2D eigenvalue weighted by molar-refractivity contribution is 5.54. The summed E-state index contributed by atoms with van der Waals surface area (Å²) in [5.74, 6) is 2.24. The number of nitrogens with one attached hydrogen (secondary N) is 1. The highest BCUT2D eigenvalue weighted by Gasteiger charge is 2.19. The van der Waals surface area contributed by atoms with Gasteiger partial charge < -0.3 is 19.5 Å². The highest BCUT2D eigenvalue weighted by atomic mass is 16.6. The molecule has 1 N–H and O–H groups in total. The Bertz CT molecular complexity index is 440. The fourth-order valence-electron chi connectivity index (χ4n) is 2.10. The molecule has 0 aromatic heterocycles. The van der Waals surface area contributed by atoms with Crippen LogP contribution in [0.3, 0.4) is 0 Å². The molecule has 112 valence electrons. The van der Waals surface area contributed by atoms with Crippen molar-refractivity contribution in [3.63, 3.8) is 0 Å². The van der Waals surface area contributed by atoms with Crippen molar-refractivity contribution in [3.8, 4) is 17.2 Å². The van der Waals surface area contributed by atoms with Crippen molar-refractivity contribution in [1.82, 2.24) is 5.32 Å². The van der Waals surface area contributed by atoms with Gasteiger partial charge in [0.05, 0.1) is 7.11 Å². The Balaban J connectivity index is 2.05. The van der Waals surface area contributed by atoms with Crippen molar-refractivity contribution >= 4 is 0 Å². The third-order valence-corrected chi connectivity index (χ3v) is 3.78. The van der Waals surface area contributed by atoms with E-state index >= 15 is 0 Å². The molecule has 4 nitrogen and oxygen atoms in total. The second-order valence-electron chi connectivity index (χ2n) is 5.94. The van der Waals surface area contributed by atoms with Crippen LogP contribution in [0.5, 0.6) is 17.2 Å². The SMILES string of the molecule is CCC(C)(C)CNCc1cc(OC)c2c(c1)OCCO2. The van der Waals surface area contributed by atoms with Gasteiger partial charge in [-0.15, -0.1) is 0 Å². The van der Waals surface area contributed by atoms with E-state index in [1.807, 2.05) is 12.1 Å². The lowest BCUT2D eigenvalue weighted by Gasteiger charge is -2.24. The number of hydrogen-bond acceptors (Lipinski definition) is 4. The Morgan fingerprint density at radius 1 is 1.25 bits per heavy atom. The Hall–Kier alpha value is -1.42. The van der Waals surface area contributed by atoms with E-state index in [4.69, 9.17) is 14.2 Å². The van der Waals surface area contributed by atoms with E-state index < -0.39 is 0 Å². The number of ether oxygens (including phenoxy) is 3. The van der Waals surface area contributed by atoms with E-state index in [9.17, 15) is 0 Å². The van der Waals surface area contributed by atoms with Crippen molar-refractivity contribution in [2.75, 3.05) is 26.9 Å². The normalized spacial score (nSPS) is 14.2. The van der Waals surface area contributed by atoms with E-state index in [1.54, 1.807) is 7.11 Å².